The van der Waals surface area contributed by atoms with Gasteiger partial charge >= 0.3 is 0 Å². The normalized spacial score (nSPS) is 17.2. The number of benzene rings is 3. The second-order valence-electron chi connectivity index (χ2n) is 9.32. The molecule has 1 unspecified atom stereocenters. The van der Waals surface area contributed by atoms with Crippen LogP contribution in [-0.2, 0) is 9.59 Å². The summed E-state index contributed by atoms with van der Waals surface area (Å²) in [6, 6.07) is 13.4. The standard InChI is InChI=1S/C29H29NO6/c1-15(2)20-14-21(17(4)13-24(20)36-5)27(33)25-26(18-7-9-19(31)10-8-18)30(29(35)28(25)34)22-12-16(3)6-11-23(22)32/h6-15,26,31-33H,1-5H3/b27-25+. The number of ketones is 1. The lowest BCUT2D eigenvalue weighted by molar-refractivity contribution is -0.132. The molecule has 0 bridgehead atoms. The Labute approximate surface area is 209 Å². The van der Waals surface area contributed by atoms with E-state index in [1.54, 1.807) is 50.4 Å². The second-order valence-corrected chi connectivity index (χ2v) is 9.32. The summed E-state index contributed by atoms with van der Waals surface area (Å²) < 4.78 is 5.51. The molecule has 7 nitrogen and oxygen atoms in total. The number of rotatable bonds is 5. The number of anilines is 1. The van der Waals surface area contributed by atoms with Crippen LogP contribution in [0.1, 0.15) is 53.6 Å². The van der Waals surface area contributed by atoms with Gasteiger partial charge in [-0.05, 0) is 78.4 Å². The lowest BCUT2D eigenvalue weighted by Gasteiger charge is -2.26. The number of Topliss-reactive ketones (excluding diaryl/α,β-unsaturated/α-hetero) is 1. The van der Waals surface area contributed by atoms with Crippen LogP contribution in [0.3, 0.4) is 0 Å². The van der Waals surface area contributed by atoms with Crippen LogP contribution in [0.5, 0.6) is 17.2 Å². The van der Waals surface area contributed by atoms with Crippen molar-refractivity contribution in [2.75, 3.05) is 12.0 Å². The van der Waals surface area contributed by atoms with E-state index >= 15 is 0 Å². The van der Waals surface area contributed by atoms with Crippen LogP contribution in [0.4, 0.5) is 5.69 Å². The van der Waals surface area contributed by atoms with Crippen molar-refractivity contribution in [2.24, 2.45) is 0 Å². The lowest BCUT2D eigenvalue weighted by Crippen LogP contribution is -2.29. The zero-order valence-corrected chi connectivity index (χ0v) is 20.9. The zero-order valence-electron chi connectivity index (χ0n) is 20.9. The van der Waals surface area contributed by atoms with Gasteiger partial charge in [-0.1, -0.05) is 32.0 Å². The highest BCUT2D eigenvalue weighted by molar-refractivity contribution is 6.52. The third-order valence-electron chi connectivity index (χ3n) is 6.50. The molecular formula is C29H29NO6. The first-order valence-corrected chi connectivity index (χ1v) is 11.6. The Hall–Kier alpha value is -4.26. The van der Waals surface area contributed by atoms with Gasteiger partial charge in [0.05, 0.1) is 24.4 Å². The fourth-order valence-electron chi connectivity index (χ4n) is 4.61. The summed E-state index contributed by atoms with van der Waals surface area (Å²) in [5, 5.41) is 32.0. The van der Waals surface area contributed by atoms with Crippen molar-refractivity contribution in [2.45, 2.75) is 39.7 Å². The summed E-state index contributed by atoms with van der Waals surface area (Å²) in [5.74, 6) is -1.47. The molecule has 0 aromatic heterocycles. The largest absolute Gasteiger partial charge is 0.508 e. The molecular weight excluding hydrogens is 458 g/mol. The SMILES string of the molecule is COc1cc(C)c(/C(O)=C2\C(=O)C(=O)N(c3cc(C)ccc3O)C2c2ccc(O)cc2)cc1C(C)C. The zero-order chi connectivity index (χ0) is 26.3. The molecule has 0 aliphatic carbocycles. The Bertz CT molecular complexity index is 1390. The molecule has 1 aliphatic rings. The molecule has 1 atom stereocenters. The number of carbonyl (C=O) groups excluding carboxylic acids is 2. The average Bonchev–Trinajstić information content (AvgIpc) is 3.10. The van der Waals surface area contributed by atoms with Gasteiger partial charge in [0.25, 0.3) is 11.7 Å². The van der Waals surface area contributed by atoms with Crippen LogP contribution >= 0.6 is 0 Å². The first-order chi connectivity index (χ1) is 17.0. The second kappa shape index (κ2) is 9.41. The van der Waals surface area contributed by atoms with Gasteiger partial charge in [-0.25, -0.2) is 0 Å². The van der Waals surface area contributed by atoms with Crippen molar-refractivity contribution in [1.29, 1.82) is 0 Å². The van der Waals surface area contributed by atoms with E-state index < -0.39 is 17.7 Å². The Morgan fingerprint density at radius 1 is 0.972 bits per heavy atom. The van der Waals surface area contributed by atoms with Gasteiger partial charge < -0.3 is 20.1 Å². The summed E-state index contributed by atoms with van der Waals surface area (Å²) in [6.07, 6.45) is 0. The lowest BCUT2D eigenvalue weighted by atomic mass is 9.91. The van der Waals surface area contributed by atoms with Gasteiger partial charge in [-0.15, -0.1) is 0 Å². The van der Waals surface area contributed by atoms with Crippen molar-refractivity contribution < 1.29 is 29.6 Å². The molecule has 0 saturated carbocycles. The molecule has 1 saturated heterocycles. The van der Waals surface area contributed by atoms with Gasteiger partial charge in [0.15, 0.2) is 0 Å². The molecule has 1 fully saturated rings. The first kappa shape index (κ1) is 24.9. The average molecular weight is 488 g/mol. The maximum absolute atomic E-state index is 13.4. The molecule has 3 N–H and O–H groups in total. The smallest absolute Gasteiger partial charge is 0.300 e. The van der Waals surface area contributed by atoms with Crippen LogP contribution in [-0.4, -0.2) is 34.1 Å². The summed E-state index contributed by atoms with van der Waals surface area (Å²) in [6.45, 7) is 7.59. The maximum atomic E-state index is 13.4. The highest BCUT2D eigenvalue weighted by Gasteiger charge is 2.48. The summed E-state index contributed by atoms with van der Waals surface area (Å²) in [4.78, 5) is 28.0. The Balaban J connectivity index is 2.01. The fourth-order valence-corrected chi connectivity index (χ4v) is 4.61. The van der Waals surface area contributed by atoms with E-state index in [4.69, 9.17) is 4.74 Å². The van der Waals surface area contributed by atoms with Crippen molar-refractivity contribution in [1.82, 2.24) is 0 Å². The molecule has 3 aromatic carbocycles. The number of carbonyl (C=O) groups is 2. The van der Waals surface area contributed by atoms with Crippen LogP contribution in [0.15, 0.2) is 60.2 Å². The van der Waals surface area contributed by atoms with E-state index in [0.717, 1.165) is 11.1 Å². The number of phenols is 2. The van der Waals surface area contributed by atoms with Crippen LogP contribution in [0, 0.1) is 13.8 Å². The van der Waals surface area contributed by atoms with Crippen LogP contribution in [0.2, 0.25) is 0 Å². The van der Waals surface area contributed by atoms with Crippen molar-refractivity contribution in [3.05, 3.63) is 88.0 Å². The number of aliphatic hydroxyl groups is 1. The third-order valence-corrected chi connectivity index (χ3v) is 6.50. The van der Waals surface area contributed by atoms with E-state index in [2.05, 4.69) is 0 Å². The summed E-state index contributed by atoms with van der Waals surface area (Å²) in [7, 11) is 1.57. The predicted octanol–water partition coefficient (Wildman–Crippen LogP) is 5.47. The Kier molecular flexibility index (Phi) is 6.50. The number of ether oxygens (including phenoxy) is 1. The third kappa shape index (κ3) is 4.17. The molecule has 1 aliphatic heterocycles. The minimum atomic E-state index is -1.03. The summed E-state index contributed by atoms with van der Waals surface area (Å²) >= 11 is 0. The minimum absolute atomic E-state index is 0.0154. The summed E-state index contributed by atoms with van der Waals surface area (Å²) in [5.41, 5.74) is 3.25. The number of phenolic OH excluding ortho intramolecular Hbond substituents is 2. The number of aromatic hydroxyl groups is 2. The minimum Gasteiger partial charge on any atom is -0.508 e. The van der Waals surface area contributed by atoms with Gasteiger partial charge in [-0.2, -0.15) is 0 Å². The van der Waals surface area contributed by atoms with Crippen LogP contribution in [0.25, 0.3) is 5.76 Å². The van der Waals surface area contributed by atoms with E-state index in [1.165, 1.54) is 23.1 Å². The molecule has 1 amide bonds. The first-order valence-electron chi connectivity index (χ1n) is 11.6. The Morgan fingerprint density at radius 2 is 1.64 bits per heavy atom. The quantitative estimate of drug-likeness (QED) is 0.250. The van der Waals surface area contributed by atoms with Crippen molar-refractivity contribution >= 4 is 23.1 Å². The van der Waals surface area contributed by atoms with Crippen molar-refractivity contribution in [3.8, 4) is 17.2 Å². The van der Waals surface area contributed by atoms with E-state index in [1.807, 2.05) is 20.8 Å². The number of aryl methyl sites for hydroxylation is 2. The molecule has 3 aromatic rings. The van der Waals surface area contributed by atoms with Crippen molar-refractivity contribution in [3.63, 3.8) is 0 Å². The molecule has 186 valence electrons. The van der Waals surface area contributed by atoms with E-state index in [0.29, 0.717) is 22.4 Å². The number of aliphatic hydroxyl groups excluding tert-OH is 1. The molecule has 0 radical (unpaired) electrons. The monoisotopic (exact) mass is 487 g/mol. The molecule has 1 heterocycles. The van der Waals surface area contributed by atoms with E-state index in [-0.39, 0.29) is 34.4 Å². The molecule has 4 rings (SSSR count). The van der Waals surface area contributed by atoms with Gasteiger partial charge in [0, 0.05) is 5.56 Å². The predicted molar refractivity (Wildman–Crippen MR) is 138 cm³/mol. The molecule has 7 heteroatoms. The fraction of sp³-hybridized carbons (Fsp3) is 0.241. The topological polar surface area (TPSA) is 107 Å². The van der Waals surface area contributed by atoms with Crippen LogP contribution < -0.4 is 9.64 Å². The Morgan fingerprint density at radius 3 is 2.25 bits per heavy atom. The number of hydrogen-bond donors (Lipinski definition) is 3. The van der Waals surface area contributed by atoms with E-state index in [9.17, 15) is 24.9 Å². The maximum Gasteiger partial charge on any atom is 0.300 e. The van der Waals surface area contributed by atoms with Gasteiger partial charge in [0.2, 0.25) is 0 Å². The van der Waals surface area contributed by atoms with Gasteiger partial charge in [-0.3, -0.25) is 14.5 Å². The highest BCUT2D eigenvalue weighted by atomic mass is 16.5. The number of hydrogen-bond acceptors (Lipinski definition) is 6. The molecule has 36 heavy (non-hydrogen) atoms. The number of methoxy groups -OCH3 is 1. The molecule has 0 spiro atoms. The number of amides is 1. The number of nitrogens with zero attached hydrogens (tertiary/aromatic N) is 1. The highest BCUT2D eigenvalue weighted by Crippen LogP contribution is 2.46. The van der Waals surface area contributed by atoms with Gasteiger partial charge in [0.1, 0.15) is 23.0 Å².